The van der Waals surface area contributed by atoms with Crippen LogP contribution in [0.4, 0.5) is 0 Å². The summed E-state index contributed by atoms with van der Waals surface area (Å²) in [6.07, 6.45) is 0. The number of rotatable bonds is 4. The molecule has 0 amide bonds. The van der Waals surface area contributed by atoms with E-state index >= 15 is 0 Å². The lowest BCUT2D eigenvalue weighted by molar-refractivity contribution is 0.661. The van der Waals surface area contributed by atoms with Gasteiger partial charge in [-0.1, -0.05) is 135 Å². The van der Waals surface area contributed by atoms with Gasteiger partial charge in [0.25, 0.3) is 0 Å². The molecule has 0 unspecified atom stereocenters. The minimum atomic E-state index is -0.104. The number of pyridine rings is 1. The van der Waals surface area contributed by atoms with Crippen LogP contribution in [-0.4, -0.2) is 15.0 Å². The van der Waals surface area contributed by atoms with Gasteiger partial charge in [0.15, 0.2) is 5.82 Å². The van der Waals surface area contributed by atoms with Crippen LogP contribution < -0.4 is 0 Å². The van der Waals surface area contributed by atoms with Gasteiger partial charge in [-0.05, 0) is 58.0 Å². The molecule has 0 N–H and O–H groups in total. The van der Waals surface area contributed by atoms with E-state index in [-0.39, 0.29) is 5.41 Å². The molecule has 0 aliphatic heterocycles. The van der Waals surface area contributed by atoms with Crippen LogP contribution in [0, 0.1) is 0 Å². The Hall–Kier alpha value is -5.93. The SMILES string of the molecule is CC1(C)c2ccccc2-c2cc3c(cc21)c(-c1cccc(-c2cc(-c4ccccc4)nc(-c4ccccc4)n2)c1)nc1ccccc13. The first-order valence-corrected chi connectivity index (χ1v) is 16.1. The summed E-state index contributed by atoms with van der Waals surface area (Å²) in [6, 6.07) is 53.4. The van der Waals surface area contributed by atoms with E-state index in [0.29, 0.717) is 5.82 Å². The minimum absolute atomic E-state index is 0.104. The van der Waals surface area contributed by atoms with Crippen LogP contribution in [0.1, 0.15) is 25.0 Å². The lowest BCUT2D eigenvalue weighted by Crippen LogP contribution is -2.14. The second-order valence-corrected chi connectivity index (χ2v) is 12.9. The molecule has 2 heterocycles. The Morgan fingerprint density at radius 2 is 1.04 bits per heavy atom. The number of aromatic nitrogens is 3. The third-order valence-corrected chi connectivity index (χ3v) is 9.66. The zero-order valence-electron chi connectivity index (χ0n) is 26.3. The van der Waals surface area contributed by atoms with Crippen molar-refractivity contribution in [1.29, 1.82) is 0 Å². The van der Waals surface area contributed by atoms with E-state index < -0.39 is 0 Å². The molecule has 0 spiro atoms. The van der Waals surface area contributed by atoms with Crippen molar-refractivity contribution in [3.05, 3.63) is 163 Å². The smallest absolute Gasteiger partial charge is 0.160 e. The zero-order chi connectivity index (χ0) is 31.5. The molecule has 9 rings (SSSR count). The monoisotopic (exact) mass is 601 g/mol. The molecule has 0 fully saturated rings. The van der Waals surface area contributed by atoms with Crippen LogP contribution in [0.5, 0.6) is 0 Å². The van der Waals surface area contributed by atoms with E-state index in [1.54, 1.807) is 0 Å². The average Bonchev–Trinajstić information content (AvgIpc) is 3.36. The summed E-state index contributed by atoms with van der Waals surface area (Å²) in [5.41, 5.74) is 13.1. The van der Waals surface area contributed by atoms with Gasteiger partial charge >= 0.3 is 0 Å². The Morgan fingerprint density at radius 1 is 0.404 bits per heavy atom. The fourth-order valence-electron chi connectivity index (χ4n) is 7.26. The van der Waals surface area contributed by atoms with Gasteiger partial charge in [-0.3, -0.25) is 0 Å². The summed E-state index contributed by atoms with van der Waals surface area (Å²) < 4.78 is 0. The van der Waals surface area contributed by atoms with Gasteiger partial charge < -0.3 is 0 Å². The summed E-state index contributed by atoms with van der Waals surface area (Å²) in [4.78, 5) is 15.4. The molecule has 3 heteroatoms. The molecule has 0 saturated heterocycles. The average molecular weight is 602 g/mol. The quantitative estimate of drug-likeness (QED) is 0.188. The maximum Gasteiger partial charge on any atom is 0.160 e. The first-order chi connectivity index (χ1) is 23.0. The van der Waals surface area contributed by atoms with Crippen molar-refractivity contribution in [2.45, 2.75) is 19.3 Å². The van der Waals surface area contributed by atoms with Crippen molar-refractivity contribution < 1.29 is 0 Å². The Labute approximate surface area is 274 Å². The van der Waals surface area contributed by atoms with Crippen LogP contribution in [0.15, 0.2) is 152 Å². The maximum atomic E-state index is 5.33. The molecule has 8 aromatic rings. The van der Waals surface area contributed by atoms with Gasteiger partial charge in [0.2, 0.25) is 0 Å². The highest BCUT2D eigenvalue weighted by molar-refractivity contribution is 6.13. The Kier molecular flexibility index (Phi) is 6.16. The number of hydrogen-bond acceptors (Lipinski definition) is 3. The van der Waals surface area contributed by atoms with Gasteiger partial charge in [0.05, 0.1) is 22.6 Å². The van der Waals surface area contributed by atoms with Crippen LogP contribution in [-0.2, 0) is 5.41 Å². The standard InChI is InChI=1S/C44H31N3/c1-44(2)37-22-11-9-20-32(37)35-25-34-33-21-10-12-23-39(33)45-42(36(34)26-38(35)44)31-19-13-18-30(24-31)41-27-40(28-14-5-3-6-15-28)46-43(47-41)29-16-7-4-8-17-29/h3-27H,1-2H3. The van der Waals surface area contributed by atoms with Crippen molar-refractivity contribution in [3.8, 4) is 56.3 Å². The van der Waals surface area contributed by atoms with E-state index in [1.165, 1.54) is 33.0 Å². The second kappa shape index (κ2) is 10.6. The molecule has 1 aliphatic rings. The highest BCUT2D eigenvalue weighted by Gasteiger charge is 2.35. The van der Waals surface area contributed by atoms with E-state index in [4.69, 9.17) is 15.0 Å². The van der Waals surface area contributed by atoms with Gasteiger partial charge in [0.1, 0.15) is 0 Å². The zero-order valence-corrected chi connectivity index (χ0v) is 26.3. The van der Waals surface area contributed by atoms with Gasteiger partial charge in [-0.15, -0.1) is 0 Å². The molecule has 0 radical (unpaired) electrons. The van der Waals surface area contributed by atoms with Crippen LogP contribution in [0.3, 0.4) is 0 Å². The molecule has 0 bridgehead atoms. The molecule has 3 nitrogen and oxygen atoms in total. The largest absolute Gasteiger partial charge is 0.247 e. The molecule has 1 aliphatic carbocycles. The fraction of sp³-hybridized carbons (Fsp3) is 0.0682. The summed E-state index contributed by atoms with van der Waals surface area (Å²) in [6.45, 7) is 4.67. The fourth-order valence-corrected chi connectivity index (χ4v) is 7.26. The molecule has 6 aromatic carbocycles. The molecule has 47 heavy (non-hydrogen) atoms. The van der Waals surface area contributed by atoms with Crippen LogP contribution in [0.2, 0.25) is 0 Å². The third-order valence-electron chi connectivity index (χ3n) is 9.66. The molecule has 222 valence electrons. The highest BCUT2D eigenvalue weighted by atomic mass is 14.9. The Morgan fingerprint density at radius 3 is 1.85 bits per heavy atom. The van der Waals surface area contributed by atoms with Crippen molar-refractivity contribution in [1.82, 2.24) is 15.0 Å². The molecule has 0 saturated carbocycles. The summed E-state index contributed by atoms with van der Waals surface area (Å²) in [7, 11) is 0. The predicted octanol–water partition coefficient (Wildman–Crippen LogP) is 11.2. The number of benzene rings is 6. The van der Waals surface area contributed by atoms with E-state index in [0.717, 1.165) is 50.2 Å². The van der Waals surface area contributed by atoms with Gasteiger partial charge in [-0.25, -0.2) is 15.0 Å². The van der Waals surface area contributed by atoms with Crippen molar-refractivity contribution in [3.63, 3.8) is 0 Å². The molecular weight excluding hydrogens is 571 g/mol. The number of hydrogen-bond donors (Lipinski definition) is 0. The lowest BCUT2D eigenvalue weighted by atomic mass is 9.81. The Bertz CT molecular complexity index is 2420. The summed E-state index contributed by atoms with van der Waals surface area (Å²) in [5, 5.41) is 3.56. The third kappa shape index (κ3) is 4.46. The van der Waals surface area contributed by atoms with Gasteiger partial charge in [0, 0.05) is 38.4 Å². The second-order valence-electron chi connectivity index (χ2n) is 12.9. The lowest BCUT2D eigenvalue weighted by Gasteiger charge is -2.22. The molecule has 2 aromatic heterocycles. The van der Waals surface area contributed by atoms with Crippen LogP contribution in [0.25, 0.3) is 78.0 Å². The summed E-state index contributed by atoms with van der Waals surface area (Å²) in [5.74, 6) is 0.707. The minimum Gasteiger partial charge on any atom is -0.247 e. The van der Waals surface area contributed by atoms with E-state index in [9.17, 15) is 0 Å². The Balaban J connectivity index is 1.26. The highest BCUT2D eigenvalue weighted by Crippen LogP contribution is 2.51. The maximum absolute atomic E-state index is 5.33. The number of nitrogens with zero attached hydrogens (tertiary/aromatic N) is 3. The van der Waals surface area contributed by atoms with Gasteiger partial charge in [-0.2, -0.15) is 0 Å². The predicted molar refractivity (Wildman–Crippen MR) is 194 cm³/mol. The number of para-hydroxylation sites is 1. The van der Waals surface area contributed by atoms with Crippen molar-refractivity contribution in [2.24, 2.45) is 0 Å². The molecule has 0 atom stereocenters. The normalized spacial score (nSPS) is 13.1. The van der Waals surface area contributed by atoms with E-state index in [2.05, 4.69) is 129 Å². The first kappa shape index (κ1) is 27.4. The first-order valence-electron chi connectivity index (χ1n) is 16.1. The van der Waals surface area contributed by atoms with E-state index in [1.807, 2.05) is 36.4 Å². The summed E-state index contributed by atoms with van der Waals surface area (Å²) >= 11 is 0. The van der Waals surface area contributed by atoms with Crippen molar-refractivity contribution in [2.75, 3.05) is 0 Å². The number of fused-ring (bicyclic) bond motifs is 6. The van der Waals surface area contributed by atoms with Crippen molar-refractivity contribution >= 4 is 21.7 Å². The topological polar surface area (TPSA) is 38.7 Å². The molecular formula is C44H31N3. The van der Waals surface area contributed by atoms with Crippen LogP contribution >= 0.6 is 0 Å².